The molecule has 1 N–H and O–H groups in total. The van der Waals surface area contributed by atoms with Crippen molar-refractivity contribution < 1.29 is 0 Å². The molecule has 1 aromatic carbocycles. The van der Waals surface area contributed by atoms with E-state index in [1.165, 1.54) is 49.9 Å². The summed E-state index contributed by atoms with van der Waals surface area (Å²) in [5.41, 5.74) is 2.96. The van der Waals surface area contributed by atoms with Crippen LogP contribution in [0.25, 0.3) is 0 Å². The number of rotatable bonds is 4. The second kappa shape index (κ2) is 5.82. The summed E-state index contributed by atoms with van der Waals surface area (Å²) < 4.78 is 0. The van der Waals surface area contributed by atoms with Gasteiger partial charge < -0.3 is 5.32 Å². The van der Waals surface area contributed by atoms with Gasteiger partial charge in [-0.25, -0.2) is 0 Å². The third-order valence-electron chi connectivity index (χ3n) is 4.62. The van der Waals surface area contributed by atoms with E-state index in [0.29, 0.717) is 12.1 Å². The standard InChI is InChI=1S/C16H23ClN2/c1-2-19(11-14-4-3-9-18-14)16-8-5-12-10-13(17)6-7-15(12)16/h6-7,10,14,16,18H,2-5,8-9,11H2,1H3. The van der Waals surface area contributed by atoms with Crippen LogP contribution in [0.4, 0.5) is 0 Å². The first-order valence-corrected chi connectivity index (χ1v) is 7.91. The molecule has 2 atom stereocenters. The summed E-state index contributed by atoms with van der Waals surface area (Å²) in [6, 6.07) is 7.72. The van der Waals surface area contributed by atoms with E-state index in [0.717, 1.165) is 11.6 Å². The number of hydrogen-bond acceptors (Lipinski definition) is 2. The fraction of sp³-hybridized carbons (Fsp3) is 0.625. The van der Waals surface area contributed by atoms with Gasteiger partial charge in [0.05, 0.1) is 0 Å². The molecule has 1 heterocycles. The van der Waals surface area contributed by atoms with Crippen molar-refractivity contribution in [3.8, 4) is 0 Å². The molecule has 0 saturated carbocycles. The second-order valence-electron chi connectivity index (χ2n) is 5.78. The van der Waals surface area contributed by atoms with Gasteiger partial charge in [0.2, 0.25) is 0 Å². The number of hydrogen-bond donors (Lipinski definition) is 1. The molecule has 1 fully saturated rings. The fourth-order valence-electron chi connectivity index (χ4n) is 3.62. The molecule has 2 unspecified atom stereocenters. The topological polar surface area (TPSA) is 15.3 Å². The number of nitrogens with one attached hydrogen (secondary N) is 1. The van der Waals surface area contributed by atoms with E-state index in [4.69, 9.17) is 11.6 Å². The summed E-state index contributed by atoms with van der Waals surface area (Å²) in [5.74, 6) is 0. The summed E-state index contributed by atoms with van der Waals surface area (Å²) in [5, 5.41) is 4.49. The summed E-state index contributed by atoms with van der Waals surface area (Å²) in [7, 11) is 0. The van der Waals surface area contributed by atoms with Crippen LogP contribution in [0.15, 0.2) is 18.2 Å². The SMILES string of the molecule is CCN(CC1CCCN1)C1CCc2cc(Cl)ccc21. The minimum Gasteiger partial charge on any atom is -0.313 e. The summed E-state index contributed by atoms with van der Waals surface area (Å²) in [6.45, 7) is 5.79. The monoisotopic (exact) mass is 278 g/mol. The number of halogens is 1. The molecule has 0 radical (unpaired) electrons. The van der Waals surface area contributed by atoms with Gasteiger partial charge in [-0.1, -0.05) is 24.6 Å². The fourth-order valence-corrected chi connectivity index (χ4v) is 3.81. The van der Waals surface area contributed by atoms with Crippen LogP contribution in [-0.4, -0.2) is 30.6 Å². The van der Waals surface area contributed by atoms with Gasteiger partial charge in [-0.15, -0.1) is 0 Å². The molecule has 104 valence electrons. The zero-order valence-electron chi connectivity index (χ0n) is 11.7. The van der Waals surface area contributed by atoms with Crippen molar-refractivity contribution >= 4 is 11.6 Å². The molecule has 1 saturated heterocycles. The molecule has 0 amide bonds. The van der Waals surface area contributed by atoms with E-state index in [-0.39, 0.29) is 0 Å². The highest BCUT2D eigenvalue weighted by Crippen LogP contribution is 2.37. The third-order valence-corrected chi connectivity index (χ3v) is 4.85. The maximum atomic E-state index is 6.10. The van der Waals surface area contributed by atoms with Crippen molar-refractivity contribution in [1.82, 2.24) is 10.2 Å². The number of aryl methyl sites for hydroxylation is 1. The highest BCUT2D eigenvalue weighted by Gasteiger charge is 2.29. The lowest BCUT2D eigenvalue weighted by molar-refractivity contribution is 0.189. The zero-order valence-corrected chi connectivity index (χ0v) is 12.4. The largest absolute Gasteiger partial charge is 0.313 e. The molecule has 1 aliphatic heterocycles. The highest BCUT2D eigenvalue weighted by atomic mass is 35.5. The van der Waals surface area contributed by atoms with Crippen LogP contribution >= 0.6 is 11.6 Å². The van der Waals surface area contributed by atoms with Gasteiger partial charge in [-0.3, -0.25) is 4.90 Å². The minimum atomic E-state index is 0.597. The average molecular weight is 279 g/mol. The zero-order chi connectivity index (χ0) is 13.2. The van der Waals surface area contributed by atoms with E-state index in [2.05, 4.69) is 29.3 Å². The van der Waals surface area contributed by atoms with Gasteiger partial charge in [-0.05, 0) is 62.0 Å². The lowest BCUT2D eigenvalue weighted by atomic mass is 10.1. The van der Waals surface area contributed by atoms with Gasteiger partial charge in [0.1, 0.15) is 0 Å². The van der Waals surface area contributed by atoms with Gasteiger partial charge in [0, 0.05) is 23.7 Å². The normalized spacial score (nSPS) is 26.1. The molecule has 2 nitrogen and oxygen atoms in total. The summed E-state index contributed by atoms with van der Waals surface area (Å²) in [4.78, 5) is 2.64. The molecule has 19 heavy (non-hydrogen) atoms. The number of likely N-dealkylation sites (N-methyl/N-ethyl adjacent to an activating group) is 1. The quantitative estimate of drug-likeness (QED) is 0.908. The summed E-state index contributed by atoms with van der Waals surface area (Å²) >= 11 is 6.10. The number of fused-ring (bicyclic) bond motifs is 1. The van der Waals surface area contributed by atoms with Gasteiger partial charge in [0.15, 0.2) is 0 Å². The van der Waals surface area contributed by atoms with Crippen molar-refractivity contribution in [2.75, 3.05) is 19.6 Å². The van der Waals surface area contributed by atoms with Crippen molar-refractivity contribution in [3.63, 3.8) is 0 Å². The minimum absolute atomic E-state index is 0.597. The van der Waals surface area contributed by atoms with Crippen molar-refractivity contribution in [1.29, 1.82) is 0 Å². The molecule has 3 heteroatoms. The average Bonchev–Trinajstić information content (AvgIpc) is 3.04. The Morgan fingerprint density at radius 2 is 2.26 bits per heavy atom. The lowest BCUT2D eigenvalue weighted by Gasteiger charge is -2.30. The molecule has 0 spiro atoms. The predicted octanol–water partition coefficient (Wildman–Crippen LogP) is 3.40. The van der Waals surface area contributed by atoms with Crippen molar-refractivity contribution in [2.24, 2.45) is 0 Å². The molecular weight excluding hydrogens is 256 g/mol. The Hall–Kier alpha value is -0.570. The van der Waals surface area contributed by atoms with Gasteiger partial charge in [0.25, 0.3) is 0 Å². The Morgan fingerprint density at radius 1 is 1.37 bits per heavy atom. The van der Waals surface area contributed by atoms with E-state index >= 15 is 0 Å². The Labute approximate surface area is 121 Å². The molecule has 0 bridgehead atoms. The molecule has 2 aliphatic rings. The van der Waals surface area contributed by atoms with Crippen LogP contribution in [0.1, 0.15) is 43.4 Å². The molecule has 0 aromatic heterocycles. The van der Waals surface area contributed by atoms with Gasteiger partial charge in [-0.2, -0.15) is 0 Å². The van der Waals surface area contributed by atoms with Gasteiger partial charge >= 0.3 is 0 Å². The predicted molar refractivity (Wildman–Crippen MR) is 80.8 cm³/mol. The van der Waals surface area contributed by atoms with Crippen LogP contribution in [0.3, 0.4) is 0 Å². The van der Waals surface area contributed by atoms with E-state index in [1.807, 2.05) is 6.07 Å². The van der Waals surface area contributed by atoms with E-state index in [9.17, 15) is 0 Å². The molecular formula is C16H23ClN2. The van der Waals surface area contributed by atoms with E-state index < -0.39 is 0 Å². The van der Waals surface area contributed by atoms with Crippen LogP contribution in [0.2, 0.25) is 5.02 Å². The Balaban J connectivity index is 1.74. The first-order valence-electron chi connectivity index (χ1n) is 7.53. The Bertz CT molecular complexity index is 440. The van der Waals surface area contributed by atoms with Crippen LogP contribution < -0.4 is 5.32 Å². The van der Waals surface area contributed by atoms with E-state index in [1.54, 1.807) is 0 Å². The highest BCUT2D eigenvalue weighted by molar-refractivity contribution is 6.30. The van der Waals surface area contributed by atoms with Crippen LogP contribution in [0, 0.1) is 0 Å². The number of nitrogens with zero attached hydrogens (tertiary/aromatic N) is 1. The van der Waals surface area contributed by atoms with Crippen molar-refractivity contribution in [3.05, 3.63) is 34.3 Å². The lowest BCUT2D eigenvalue weighted by Crippen LogP contribution is -2.39. The second-order valence-corrected chi connectivity index (χ2v) is 6.21. The first-order chi connectivity index (χ1) is 9.28. The molecule has 1 aliphatic carbocycles. The summed E-state index contributed by atoms with van der Waals surface area (Å²) in [6.07, 6.45) is 5.08. The van der Waals surface area contributed by atoms with Crippen LogP contribution in [-0.2, 0) is 6.42 Å². The first kappa shape index (κ1) is 13.4. The molecule has 3 rings (SSSR count). The smallest absolute Gasteiger partial charge is 0.0408 e. The Kier molecular flexibility index (Phi) is 4.11. The number of benzene rings is 1. The third kappa shape index (κ3) is 2.81. The van der Waals surface area contributed by atoms with Crippen molar-refractivity contribution in [2.45, 2.75) is 44.7 Å². The maximum absolute atomic E-state index is 6.10. The maximum Gasteiger partial charge on any atom is 0.0408 e. The van der Waals surface area contributed by atoms with Crippen LogP contribution in [0.5, 0.6) is 0 Å². The Morgan fingerprint density at radius 3 is 3.00 bits per heavy atom. The molecule has 1 aromatic rings.